The molecule has 1 amide bonds. The van der Waals surface area contributed by atoms with E-state index in [1.165, 1.54) is 19.1 Å². The van der Waals surface area contributed by atoms with Crippen molar-refractivity contribution in [1.82, 2.24) is 9.80 Å². The van der Waals surface area contributed by atoms with E-state index >= 15 is 0 Å². The number of carbonyl (C=O) groups excluding carboxylic acids is 2. The van der Waals surface area contributed by atoms with E-state index in [2.05, 4.69) is 0 Å². The number of rotatable bonds is 9. The van der Waals surface area contributed by atoms with Crippen LogP contribution < -0.4 is 14.2 Å². The molecule has 34 heavy (non-hydrogen) atoms. The van der Waals surface area contributed by atoms with Crippen molar-refractivity contribution in [3.63, 3.8) is 0 Å². The molecule has 0 spiro atoms. The van der Waals surface area contributed by atoms with Crippen molar-refractivity contribution in [2.45, 2.75) is 26.0 Å². The van der Waals surface area contributed by atoms with Gasteiger partial charge in [-0.1, -0.05) is 24.3 Å². The van der Waals surface area contributed by atoms with Crippen molar-refractivity contribution in [3.8, 4) is 17.2 Å². The predicted molar refractivity (Wildman–Crippen MR) is 129 cm³/mol. The third-order valence-electron chi connectivity index (χ3n) is 5.57. The van der Waals surface area contributed by atoms with Crippen LogP contribution in [0.25, 0.3) is 5.76 Å². The van der Waals surface area contributed by atoms with Gasteiger partial charge in [-0.25, -0.2) is 0 Å². The summed E-state index contributed by atoms with van der Waals surface area (Å²) >= 11 is 0. The molecule has 0 radical (unpaired) electrons. The molecule has 1 aliphatic heterocycles. The molecule has 1 aliphatic rings. The third-order valence-corrected chi connectivity index (χ3v) is 5.57. The van der Waals surface area contributed by atoms with Gasteiger partial charge in [0.05, 0.1) is 31.9 Å². The van der Waals surface area contributed by atoms with E-state index in [0.717, 1.165) is 0 Å². The summed E-state index contributed by atoms with van der Waals surface area (Å²) in [5.74, 6) is -0.625. The normalized spacial score (nSPS) is 17.5. The van der Waals surface area contributed by atoms with Crippen LogP contribution in [0.2, 0.25) is 0 Å². The van der Waals surface area contributed by atoms with E-state index in [1.54, 1.807) is 24.3 Å². The molecular weight excluding hydrogens is 436 g/mol. The maximum absolute atomic E-state index is 13.3. The molecule has 182 valence electrons. The first-order chi connectivity index (χ1) is 16.2. The van der Waals surface area contributed by atoms with Crippen LogP contribution in [0, 0.1) is 0 Å². The average molecular weight is 469 g/mol. The van der Waals surface area contributed by atoms with E-state index in [1.807, 2.05) is 51.0 Å². The lowest BCUT2D eigenvalue weighted by Gasteiger charge is -2.28. The summed E-state index contributed by atoms with van der Waals surface area (Å²) in [5.41, 5.74) is 0.793. The SMILES string of the molecule is COc1cccc(OC)c1/C(O)=C1\C(=O)C(=O)N(CCN(C)C)C1c1ccccc1OC(C)C. The number of hydrogen-bond acceptors (Lipinski definition) is 7. The van der Waals surface area contributed by atoms with Gasteiger partial charge in [-0.2, -0.15) is 0 Å². The number of ether oxygens (including phenoxy) is 3. The highest BCUT2D eigenvalue weighted by atomic mass is 16.5. The molecular formula is C26H32N2O6. The van der Waals surface area contributed by atoms with E-state index in [9.17, 15) is 14.7 Å². The van der Waals surface area contributed by atoms with Gasteiger partial charge in [-0.3, -0.25) is 9.59 Å². The van der Waals surface area contributed by atoms with E-state index in [-0.39, 0.29) is 29.5 Å². The number of ketones is 1. The molecule has 0 aliphatic carbocycles. The van der Waals surface area contributed by atoms with Gasteiger partial charge in [0.15, 0.2) is 0 Å². The van der Waals surface area contributed by atoms with Crippen molar-refractivity contribution in [2.75, 3.05) is 41.4 Å². The highest BCUT2D eigenvalue weighted by Crippen LogP contribution is 2.45. The summed E-state index contributed by atoms with van der Waals surface area (Å²) in [6.45, 7) is 4.63. The monoisotopic (exact) mass is 468 g/mol. The zero-order valence-corrected chi connectivity index (χ0v) is 20.5. The zero-order chi connectivity index (χ0) is 25.0. The Morgan fingerprint density at radius 3 is 2.15 bits per heavy atom. The third kappa shape index (κ3) is 4.87. The van der Waals surface area contributed by atoms with Gasteiger partial charge in [-0.15, -0.1) is 0 Å². The molecule has 8 nitrogen and oxygen atoms in total. The number of para-hydroxylation sites is 1. The Morgan fingerprint density at radius 2 is 1.59 bits per heavy atom. The van der Waals surface area contributed by atoms with Crippen LogP contribution in [0.1, 0.15) is 31.0 Å². The number of nitrogens with zero attached hydrogens (tertiary/aromatic N) is 2. The fourth-order valence-electron chi connectivity index (χ4n) is 4.03. The van der Waals surface area contributed by atoms with Crippen LogP contribution >= 0.6 is 0 Å². The highest BCUT2D eigenvalue weighted by Gasteiger charge is 2.47. The largest absolute Gasteiger partial charge is 0.506 e. The zero-order valence-electron chi connectivity index (χ0n) is 20.5. The van der Waals surface area contributed by atoms with Crippen LogP contribution in [0.3, 0.4) is 0 Å². The number of hydrogen-bond donors (Lipinski definition) is 1. The molecule has 2 aromatic rings. The van der Waals surface area contributed by atoms with Crippen LogP contribution in [-0.4, -0.2) is 74.1 Å². The quantitative estimate of drug-likeness (QED) is 0.342. The minimum Gasteiger partial charge on any atom is -0.506 e. The van der Waals surface area contributed by atoms with E-state index in [0.29, 0.717) is 29.4 Å². The van der Waals surface area contributed by atoms with Gasteiger partial charge in [0.25, 0.3) is 11.7 Å². The van der Waals surface area contributed by atoms with Gasteiger partial charge in [0.1, 0.15) is 28.6 Å². The second-order valence-electron chi connectivity index (χ2n) is 8.54. The van der Waals surface area contributed by atoms with Crippen molar-refractivity contribution in [1.29, 1.82) is 0 Å². The van der Waals surface area contributed by atoms with Crippen LogP contribution in [-0.2, 0) is 9.59 Å². The van der Waals surface area contributed by atoms with Gasteiger partial charge in [-0.05, 0) is 46.1 Å². The predicted octanol–water partition coefficient (Wildman–Crippen LogP) is 3.47. The molecule has 1 heterocycles. The number of carbonyl (C=O) groups is 2. The topological polar surface area (TPSA) is 88.5 Å². The van der Waals surface area contributed by atoms with Gasteiger partial charge in [0, 0.05) is 18.7 Å². The van der Waals surface area contributed by atoms with Crippen molar-refractivity contribution >= 4 is 17.4 Å². The minimum atomic E-state index is -0.843. The first kappa shape index (κ1) is 25.1. The molecule has 8 heteroatoms. The summed E-state index contributed by atoms with van der Waals surface area (Å²) in [4.78, 5) is 30.0. The average Bonchev–Trinajstić information content (AvgIpc) is 3.06. The molecule has 1 N–H and O–H groups in total. The number of aliphatic hydroxyl groups is 1. The number of methoxy groups -OCH3 is 2. The van der Waals surface area contributed by atoms with Crippen molar-refractivity contribution in [3.05, 3.63) is 59.2 Å². The Hall–Kier alpha value is -3.52. The molecule has 0 aromatic heterocycles. The lowest BCUT2D eigenvalue weighted by molar-refractivity contribution is -0.140. The minimum absolute atomic E-state index is 0.0358. The summed E-state index contributed by atoms with van der Waals surface area (Å²) in [7, 11) is 6.71. The molecule has 3 rings (SSSR count). The first-order valence-corrected chi connectivity index (χ1v) is 11.1. The fraction of sp³-hybridized carbons (Fsp3) is 0.385. The Morgan fingerprint density at radius 1 is 1.00 bits per heavy atom. The summed E-state index contributed by atoms with van der Waals surface area (Å²) in [5, 5.41) is 11.5. The van der Waals surface area contributed by atoms with Crippen LogP contribution in [0.15, 0.2) is 48.0 Å². The van der Waals surface area contributed by atoms with E-state index in [4.69, 9.17) is 14.2 Å². The Bertz CT molecular complexity index is 1070. The maximum Gasteiger partial charge on any atom is 0.295 e. The summed E-state index contributed by atoms with van der Waals surface area (Å²) < 4.78 is 16.9. The van der Waals surface area contributed by atoms with Crippen LogP contribution in [0.4, 0.5) is 0 Å². The lowest BCUT2D eigenvalue weighted by atomic mass is 9.94. The summed E-state index contributed by atoms with van der Waals surface area (Å²) in [6, 6.07) is 11.4. The number of Topliss-reactive ketones (excluding diaryl/α,β-unsaturated/α-hetero) is 1. The standard InChI is InChI=1S/C26H32N2O6/c1-16(2)34-18-11-8-7-10-17(18)23-22(25(30)26(31)28(23)15-14-27(3)4)24(29)21-19(32-5)12-9-13-20(21)33-6/h7-13,16,23,29H,14-15H2,1-6H3/b24-22+. The second-order valence-corrected chi connectivity index (χ2v) is 8.54. The summed E-state index contributed by atoms with van der Waals surface area (Å²) in [6.07, 6.45) is -0.125. The van der Waals surface area contributed by atoms with Gasteiger partial charge < -0.3 is 29.1 Å². The van der Waals surface area contributed by atoms with Gasteiger partial charge >= 0.3 is 0 Å². The molecule has 2 aromatic carbocycles. The van der Waals surface area contributed by atoms with Crippen molar-refractivity contribution < 1.29 is 28.9 Å². The Labute approximate surface area is 200 Å². The van der Waals surface area contributed by atoms with Crippen molar-refractivity contribution in [2.24, 2.45) is 0 Å². The number of benzene rings is 2. The Balaban J connectivity index is 2.29. The maximum atomic E-state index is 13.3. The molecule has 1 fully saturated rings. The van der Waals surface area contributed by atoms with Gasteiger partial charge in [0.2, 0.25) is 0 Å². The molecule has 1 atom stereocenters. The molecule has 1 saturated heterocycles. The molecule has 0 saturated carbocycles. The lowest BCUT2D eigenvalue weighted by Crippen LogP contribution is -2.35. The highest BCUT2D eigenvalue weighted by molar-refractivity contribution is 6.46. The fourth-order valence-corrected chi connectivity index (χ4v) is 4.03. The molecule has 0 bridgehead atoms. The number of amides is 1. The first-order valence-electron chi connectivity index (χ1n) is 11.1. The second kappa shape index (κ2) is 10.6. The van der Waals surface area contributed by atoms with E-state index < -0.39 is 17.7 Å². The number of aliphatic hydroxyl groups excluding tert-OH is 1. The number of likely N-dealkylation sites (N-methyl/N-ethyl adjacent to an activating group) is 1. The molecule has 1 unspecified atom stereocenters. The smallest absolute Gasteiger partial charge is 0.295 e. The van der Waals surface area contributed by atoms with Crippen LogP contribution in [0.5, 0.6) is 17.2 Å². The number of likely N-dealkylation sites (tertiary alicyclic amines) is 1. The Kier molecular flexibility index (Phi) is 7.83.